The molecule has 1 aliphatic heterocycles. The van der Waals surface area contributed by atoms with Crippen molar-refractivity contribution >= 4 is 45.7 Å². The lowest BCUT2D eigenvalue weighted by atomic mass is 9.73. The second-order valence-electron chi connectivity index (χ2n) is 9.83. The highest BCUT2D eigenvalue weighted by atomic mass is 79.9. The van der Waals surface area contributed by atoms with Gasteiger partial charge in [0.15, 0.2) is 5.78 Å². The Kier molecular flexibility index (Phi) is 7.20. The molecule has 1 atom stereocenters. The van der Waals surface area contributed by atoms with Crippen LogP contribution in [0.4, 0.5) is 11.4 Å². The number of ketones is 1. The predicted octanol–water partition coefficient (Wildman–Crippen LogP) is 7.78. The fourth-order valence-electron chi connectivity index (χ4n) is 5.21. The van der Waals surface area contributed by atoms with Crippen LogP contribution in [0.2, 0.25) is 5.02 Å². The summed E-state index contributed by atoms with van der Waals surface area (Å²) in [6, 6.07) is 26.6. The summed E-state index contributed by atoms with van der Waals surface area (Å²) in [6.45, 7) is 5.11. The number of hydrogen-bond donors (Lipinski definition) is 1. The number of nitrogens with zero attached hydrogens (tertiary/aromatic N) is 1. The minimum atomic E-state index is -0.239. The molecule has 0 spiro atoms. The van der Waals surface area contributed by atoms with Crippen molar-refractivity contribution in [3.05, 3.63) is 106 Å². The van der Waals surface area contributed by atoms with E-state index in [4.69, 9.17) is 11.6 Å². The van der Waals surface area contributed by atoms with Gasteiger partial charge in [-0.1, -0.05) is 86.1 Å². The zero-order chi connectivity index (χ0) is 23.0. The SMILES string of the molecule is Br.CC1(C)CC(=O)C2=C(C1)Nc1ccccc1N(CCc1ccccc1)C2c1ccccc1Cl. The van der Waals surface area contributed by atoms with Crippen LogP contribution < -0.4 is 10.2 Å². The van der Waals surface area contributed by atoms with E-state index in [0.29, 0.717) is 11.4 Å². The fourth-order valence-corrected chi connectivity index (χ4v) is 5.45. The third-order valence-electron chi connectivity index (χ3n) is 6.69. The summed E-state index contributed by atoms with van der Waals surface area (Å²) in [5, 5.41) is 4.36. The molecule has 5 rings (SSSR count). The smallest absolute Gasteiger partial charge is 0.163 e. The Morgan fingerprint density at radius 1 is 0.941 bits per heavy atom. The van der Waals surface area contributed by atoms with E-state index in [1.807, 2.05) is 30.3 Å². The molecule has 1 heterocycles. The van der Waals surface area contributed by atoms with Crippen LogP contribution in [0.1, 0.15) is 43.9 Å². The molecule has 5 heteroatoms. The van der Waals surface area contributed by atoms with Crippen molar-refractivity contribution < 1.29 is 4.79 Å². The third-order valence-corrected chi connectivity index (χ3v) is 7.03. The maximum Gasteiger partial charge on any atom is 0.163 e. The summed E-state index contributed by atoms with van der Waals surface area (Å²) in [5.74, 6) is 0.205. The molecule has 0 amide bonds. The molecular weight excluding hydrogens is 508 g/mol. The van der Waals surface area contributed by atoms with E-state index in [-0.39, 0.29) is 34.2 Å². The number of nitrogens with one attached hydrogen (secondary N) is 1. The van der Waals surface area contributed by atoms with Crippen LogP contribution in [0.3, 0.4) is 0 Å². The minimum absolute atomic E-state index is 0. The zero-order valence-electron chi connectivity index (χ0n) is 19.6. The Labute approximate surface area is 217 Å². The first-order chi connectivity index (χ1) is 15.9. The van der Waals surface area contributed by atoms with E-state index in [1.165, 1.54) is 5.56 Å². The Hall–Kier alpha value is -2.56. The molecule has 1 unspecified atom stereocenters. The summed E-state index contributed by atoms with van der Waals surface area (Å²) in [7, 11) is 0. The van der Waals surface area contributed by atoms with Crippen LogP contribution in [0.5, 0.6) is 0 Å². The summed E-state index contributed by atoms with van der Waals surface area (Å²) in [5.41, 5.74) is 6.18. The number of hydrogen-bond acceptors (Lipinski definition) is 3. The molecule has 0 saturated carbocycles. The second-order valence-corrected chi connectivity index (χ2v) is 10.2. The highest BCUT2D eigenvalue weighted by molar-refractivity contribution is 8.93. The first-order valence-electron chi connectivity index (χ1n) is 11.6. The van der Waals surface area contributed by atoms with Gasteiger partial charge >= 0.3 is 0 Å². The second kappa shape index (κ2) is 9.97. The van der Waals surface area contributed by atoms with Crippen LogP contribution in [0.25, 0.3) is 0 Å². The first-order valence-corrected chi connectivity index (χ1v) is 12.0. The van der Waals surface area contributed by atoms with Crippen molar-refractivity contribution in [2.24, 2.45) is 5.41 Å². The largest absolute Gasteiger partial charge is 0.358 e. The molecule has 34 heavy (non-hydrogen) atoms. The van der Waals surface area contributed by atoms with Crippen molar-refractivity contribution in [1.29, 1.82) is 0 Å². The summed E-state index contributed by atoms with van der Waals surface area (Å²) < 4.78 is 0. The molecule has 1 aliphatic carbocycles. The number of Topliss-reactive ketones (excluding diaryl/α,β-unsaturated/α-hetero) is 1. The molecule has 0 aromatic heterocycles. The van der Waals surface area contributed by atoms with Gasteiger partial charge < -0.3 is 10.2 Å². The molecule has 0 fully saturated rings. The van der Waals surface area contributed by atoms with E-state index in [9.17, 15) is 4.79 Å². The van der Waals surface area contributed by atoms with E-state index in [0.717, 1.165) is 47.6 Å². The number of carbonyl (C=O) groups excluding carboxylic acids is 1. The number of benzene rings is 3. The number of halogens is 2. The Bertz CT molecular complexity index is 1220. The molecular formula is C29H30BrClN2O. The van der Waals surface area contributed by atoms with Gasteiger partial charge in [-0.3, -0.25) is 4.79 Å². The Balaban J connectivity index is 0.00000274. The maximum atomic E-state index is 13.7. The third kappa shape index (κ3) is 4.80. The molecule has 2 aliphatic rings. The standard InChI is InChI=1S/C29H29ClN2O.BrH/c1-29(2)18-24-27(26(33)19-29)28(21-12-6-7-13-22(21)30)32(17-16-20-10-4-3-5-11-20)25-15-9-8-14-23(25)31-24;/h3-15,28,31H,16-19H2,1-2H3;1H. The topological polar surface area (TPSA) is 32.3 Å². The van der Waals surface area contributed by atoms with Crippen LogP contribution in [0.15, 0.2) is 90.1 Å². The Morgan fingerprint density at radius 2 is 1.62 bits per heavy atom. The fraction of sp³-hybridized carbons (Fsp3) is 0.276. The van der Waals surface area contributed by atoms with Gasteiger partial charge in [0, 0.05) is 29.3 Å². The molecule has 3 aromatic rings. The maximum absolute atomic E-state index is 13.7. The molecule has 3 aromatic carbocycles. The zero-order valence-corrected chi connectivity index (χ0v) is 22.0. The molecule has 0 radical (unpaired) electrons. The highest BCUT2D eigenvalue weighted by Crippen LogP contribution is 2.49. The van der Waals surface area contributed by atoms with E-state index in [2.05, 4.69) is 72.6 Å². The van der Waals surface area contributed by atoms with E-state index in [1.54, 1.807) is 0 Å². The number of anilines is 2. The van der Waals surface area contributed by atoms with Gasteiger partial charge in [0.2, 0.25) is 0 Å². The average molecular weight is 538 g/mol. The minimum Gasteiger partial charge on any atom is -0.358 e. The molecule has 176 valence electrons. The van der Waals surface area contributed by atoms with Crippen molar-refractivity contribution in [3.8, 4) is 0 Å². The molecule has 0 bridgehead atoms. The molecule has 1 N–H and O–H groups in total. The van der Waals surface area contributed by atoms with Crippen molar-refractivity contribution in [2.75, 3.05) is 16.8 Å². The van der Waals surface area contributed by atoms with Crippen LogP contribution in [-0.2, 0) is 11.2 Å². The number of rotatable bonds is 4. The van der Waals surface area contributed by atoms with Gasteiger partial charge in [-0.25, -0.2) is 0 Å². The van der Waals surface area contributed by atoms with Gasteiger partial charge in [0.25, 0.3) is 0 Å². The Morgan fingerprint density at radius 3 is 2.38 bits per heavy atom. The monoisotopic (exact) mass is 536 g/mol. The van der Waals surface area contributed by atoms with Crippen LogP contribution in [0, 0.1) is 5.41 Å². The van der Waals surface area contributed by atoms with Crippen molar-refractivity contribution in [2.45, 2.75) is 39.2 Å². The molecule has 3 nitrogen and oxygen atoms in total. The number of fused-ring (bicyclic) bond motifs is 1. The summed E-state index contributed by atoms with van der Waals surface area (Å²) >= 11 is 6.77. The quantitative estimate of drug-likeness (QED) is 0.369. The lowest BCUT2D eigenvalue weighted by molar-refractivity contribution is -0.118. The van der Waals surface area contributed by atoms with E-state index >= 15 is 0 Å². The van der Waals surface area contributed by atoms with E-state index < -0.39 is 0 Å². The normalized spacial score (nSPS) is 18.9. The summed E-state index contributed by atoms with van der Waals surface area (Å²) in [6.07, 6.45) is 2.24. The lowest BCUT2D eigenvalue weighted by Crippen LogP contribution is -2.37. The van der Waals surface area contributed by atoms with Gasteiger partial charge in [-0.15, -0.1) is 17.0 Å². The number of para-hydroxylation sites is 2. The van der Waals surface area contributed by atoms with Crippen LogP contribution >= 0.6 is 28.6 Å². The van der Waals surface area contributed by atoms with Gasteiger partial charge in [-0.05, 0) is 47.6 Å². The highest BCUT2D eigenvalue weighted by Gasteiger charge is 2.41. The first kappa shape index (κ1) is 24.6. The van der Waals surface area contributed by atoms with Gasteiger partial charge in [0.05, 0.1) is 17.4 Å². The summed E-state index contributed by atoms with van der Waals surface area (Å²) in [4.78, 5) is 16.1. The van der Waals surface area contributed by atoms with Crippen LogP contribution in [-0.4, -0.2) is 12.3 Å². The van der Waals surface area contributed by atoms with Gasteiger partial charge in [-0.2, -0.15) is 0 Å². The van der Waals surface area contributed by atoms with Crippen molar-refractivity contribution in [3.63, 3.8) is 0 Å². The average Bonchev–Trinajstić information content (AvgIpc) is 2.92. The predicted molar refractivity (Wildman–Crippen MR) is 147 cm³/mol. The van der Waals surface area contributed by atoms with Crippen molar-refractivity contribution in [1.82, 2.24) is 0 Å². The number of allylic oxidation sites excluding steroid dienone is 1. The molecule has 0 saturated heterocycles. The van der Waals surface area contributed by atoms with Gasteiger partial charge in [0.1, 0.15) is 0 Å². The lowest BCUT2D eigenvalue weighted by Gasteiger charge is -2.38. The number of carbonyl (C=O) groups is 1.